The first kappa shape index (κ1) is 23.4. The third-order valence-corrected chi connectivity index (χ3v) is 4.63. The van der Waals surface area contributed by atoms with Crippen LogP contribution in [-0.2, 0) is 17.7 Å². The maximum atomic E-state index is 5.61. The summed E-state index contributed by atoms with van der Waals surface area (Å²) >= 11 is 44.9. The van der Waals surface area contributed by atoms with Crippen LogP contribution in [0.3, 0.4) is 0 Å². The molecule has 0 bridgehead atoms. The molecular formula is C8H12Cl8O4Si. The van der Waals surface area contributed by atoms with Crippen molar-refractivity contribution in [3.8, 4) is 0 Å². The molecule has 0 saturated heterocycles. The van der Waals surface area contributed by atoms with Crippen LogP contribution in [0.15, 0.2) is 0 Å². The molecule has 0 rings (SSSR count). The molecule has 0 atom stereocenters. The van der Waals surface area contributed by atoms with Gasteiger partial charge in [0, 0.05) is 0 Å². The molecule has 0 spiro atoms. The molecule has 0 heterocycles. The summed E-state index contributed by atoms with van der Waals surface area (Å²) in [7, 11) is -3.72. The third-order valence-electron chi connectivity index (χ3n) is 1.54. The molecule has 0 fully saturated rings. The summed E-state index contributed by atoms with van der Waals surface area (Å²) in [6, 6.07) is 0. The average Bonchev–Trinajstić information content (AvgIpc) is 2.36. The fourth-order valence-corrected chi connectivity index (χ4v) is 4.24. The Hall–Kier alpha value is 2.38. The molecule has 128 valence electrons. The van der Waals surface area contributed by atoms with Crippen LogP contribution in [0.1, 0.15) is 0 Å². The number of hydrogen-bond donors (Lipinski definition) is 0. The molecule has 0 radical (unpaired) electrons. The van der Waals surface area contributed by atoms with Crippen LogP contribution in [0.25, 0.3) is 0 Å². The normalized spacial score (nSPS) is 13.1. The molecule has 0 aliphatic heterocycles. The minimum atomic E-state index is -3.72. The molecule has 0 aromatic rings. The molecule has 0 saturated carbocycles. The smallest absolute Gasteiger partial charge is 0.348 e. The second kappa shape index (κ2) is 12.7. The number of halogens is 8. The van der Waals surface area contributed by atoms with E-state index in [1.54, 1.807) is 0 Å². The van der Waals surface area contributed by atoms with E-state index in [2.05, 4.69) is 0 Å². The van der Waals surface area contributed by atoms with E-state index < -0.39 is 28.4 Å². The summed E-state index contributed by atoms with van der Waals surface area (Å²) in [6.45, 7) is -0.520. The fraction of sp³-hybridized carbons (Fsp3) is 1.00. The summed E-state index contributed by atoms with van der Waals surface area (Å²) in [6.07, 6.45) is 0. The van der Waals surface area contributed by atoms with Crippen molar-refractivity contribution in [3.63, 3.8) is 0 Å². The van der Waals surface area contributed by atoms with Crippen LogP contribution in [-0.4, -0.2) is 54.8 Å². The summed E-state index contributed by atoms with van der Waals surface area (Å²) in [5, 5.41) is 0. The molecule has 13 heteroatoms. The van der Waals surface area contributed by atoms with Gasteiger partial charge < -0.3 is 17.7 Å². The number of hydrogen-bond acceptors (Lipinski definition) is 4. The summed E-state index contributed by atoms with van der Waals surface area (Å²) in [5.41, 5.74) is 0. The Morgan fingerprint density at radius 2 is 0.667 bits per heavy atom. The lowest BCUT2D eigenvalue weighted by Gasteiger charge is -2.29. The standard InChI is InChI=1S/C8H12Cl8O4Si/c9-5(10)1-17-21(18-2-6(11)12,19-3-7(13)14)20-4-8(15)16/h5-8H,1-4H2. The summed E-state index contributed by atoms with van der Waals surface area (Å²) in [4.78, 5) is -3.33. The first-order chi connectivity index (χ1) is 9.67. The van der Waals surface area contributed by atoms with Gasteiger partial charge in [-0.25, -0.2) is 0 Å². The SMILES string of the molecule is ClC(Cl)CO[Si](OCC(Cl)Cl)(OCC(Cl)Cl)OCC(Cl)Cl. The van der Waals surface area contributed by atoms with Gasteiger partial charge in [0.05, 0.1) is 26.4 Å². The van der Waals surface area contributed by atoms with Crippen LogP contribution < -0.4 is 0 Å². The molecule has 0 N–H and O–H groups in total. The highest BCUT2D eigenvalue weighted by Gasteiger charge is 2.47. The quantitative estimate of drug-likeness (QED) is 0.298. The van der Waals surface area contributed by atoms with Gasteiger partial charge in [-0.15, -0.1) is 92.8 Å². The first-order valence-corrected chi connectivity index (χ1v) is 10.5. The Kier molecular flexibility index (Phi) is 14.1. The molecule has 0 unspecified atom stereocenters. The highest BCUT2D eigenvalue weighted by atomic mass is 35.5. The molecule has 21 heavy (non-hydrogen) atoms. The van der Waals surface area contributed by atoms with Crippen LogP contribution in [0.4, 0.5) is 0 Å². The summed E-state index contributed by atoms with van der Waals surface area (Å²) in [5.74, 6) is 0. The van der Waals surface area contributed by atoms with Gasteiger partial charge in [0.2, 0.25) is 0 Å². The summed E-state index contributed by atoms with van der Waals surface area (Å²) < 4.78 is 21.6. The maximum Gasteiger partial charge on any atom is 0.680 e. The second-order valence-electron chi connectivity index (χ2n) is 3.31. The van der Waals surface area contributed by atoms with Crippen molar-refractivity contribution in [1.29, 1.82) is 0 Å². The van der Waals surface area contributed by atoms with E-state index in [1.165, 1.54) is 0 Å². The second-order valence-corrected chi connectivity index (χ2v) is 10.6. The van der Waals surface area contributed by atoms with Crippen molar-refractivity contribution in [2.24, 2.45) is 0 Å². The molecule has 0 aliphatic carbocycles. The highest BCUT2D eigenvalue weighted by Crippen LogP contribution is 2.20. The lowest BCUT2D eigenvalue weighted by atomic mass is 10.9. The predicted molar refractivity (Wildman–Crippen MR) is 91.5 cm³/mol. The Balaban J connectivity index is 4.85. The Bertz CT molecular complexity index is 217. The molecule has 0 aromatic carbocycles. The minimum absolute atomic E-state index is 0.130. The minimum Gasteiger partial charge on any atom is -0.348 e. The van der Waals surface area contributed by atoms with Gasteiger partial charge in [-0.3, -0.25) is 0 Å². The first-order valence-electron chi connectivity index (χ1n) is 5.35. The molecule has 0 amide bonds. The zero-order valence-corrected chi connectivity index (χ0v) is 17.3. The van der Waals surface area contributed by atoms with Crippen molar-refractivity contribution in [2.75, 3.05) is 26.4 Å². The van der Waals surface area contributed by atoms with Crippen molar-refractivity contribution >= 4 is 102 Å². The average molecular weight is 484 g/mol. The van der Waals surface area contributed by atoms with Gasteiger partial charge >= 0.3 is 9.05 Å². The van der Waals surface area contributed by atoms with Crippen LogP contribution in [0.2, 0.25) is 0 Å². The van der Waals surface area contributed by atoms with E-state index in [-0.39, 0.29) is 26.4 Å². The molecule has 0 aromatic heterocycles. The van der Waals surface area contributed by atoms with Crippen LogP contribution >= 0.6 is 92.8 Å². The van der Waals surface area contributed by atoms with E-state index in [4.69, 9.17) is 111 Å². The largest absolute Gasteiger partial charge is 0.680 e. The lowest BCUT2D eigenvalue weighted by Crippen LogP contribution is -2.52. The molecule has 4 nitrogen and oxygen atoms in total. The Labute approximate surface area is 164 Å². The van der Waals surface area contributed by atoms with Gasteiger partial charge in [-0.05, 0) is 0 Å². The number of rotatable bonds is 12. The van der Waals surface area contributed by atoms with E-state index >= 15 is 0 Å². The lowest BCUT2D eigenvalue weighted by molar-refractivity contribution is -0.0273. The third kappa shape index (κ3) is 13.4. The van der Waals surface area contributed by atoms with E-state index in [0.29, 0.717) is 0 Å². The zero-order chi connectivity index (χ0) is 16.5. The van der Waals surface area contributed by atoms with Crippen molar-refractivity contribution in [3.05, 3.63) is 0 Å². The fourth-order valence-electron chi connectivity index (χ4n) is 0.910. The Morgan fingerprint density at radius 1 is 0.476 bits per heavy atom. The van der Waals surface area contributed by atoms with Gasteiger partial charge in [0.1, 0.15) is 19.3 Å². The van der Waals surface area contributed by atoms with E-state index in [0.717, 1.165) is 0 Å². The molecule has 0 aliphatic rings. The van der Waals surface area contributed by atoms with Crippen molar-refractivity contribution in [1.82, 2.24) is 0 Å². The van der Waals surface area contributed by atoms with Crippen molar-refractivity contribution < 1.29 is 17.7 Å². The highest BCUT2D eigenvalue weighted by molar-refractivity contribution is 6.55. The van der Waals surface area contributed by atoms with E-state index in [9.17, 15) is 0 Å². The molecular weight excluding hydrogens is 472 g/mol. The van der Waals surface area contributed by atoms with Gasteiger partial charge in [-0.1, -0.05) is 0 Å². The van der Waals surface area contributed by atoms with Gasteiger partial charge in [0.25, 0.3) is 0 Å². The maximum absolute atomic E-state index is 5.61. The van der Waals surface area contributed by atoms with Gasteiger partial charge in [-0.2, -0.15) is 0 Å². The zero-order valence-electron chi connectivity index (χ0n) is 10.3. The predicted octanol–water partition coefficient (Wildman–Crippen LogP) is 4.70. The van der Waals surface area contributed by atoms with Gasteiger partial charge in [0.15, 0.2) is 0 Å². The topological polar surface area (TPSA) is 36.9 Å². The number of alkyl halides is 8. The van der Waals surface area contributed by atoms with Crippen LogP contribution in [0.5, 0.6) is 0 Å². The van der Waals surface area contributed by atoms with E-state index in [1.807, 2.05) is 0 Å². The monoisotopic (exact) mass is 480 g/mol. The Morgan fingerprint density at radius 3 is 0.810 bits per heavy atom. The van der Waals surface area contributed by atoms with Crippen molar-refractivity contribution in [2.45, 2.75) is 19.3 Å². The van der Waals surface area contributed by atoms with Crippen LogP contribution in [0, 0.1) is 0 Å².